The third-order valence-corrected chi connectivity index (χ3v) is 5.74. The van der Waals surface area contributed by atoms with Crippen LogP contribution in [-0.2, 0) is 11.2 Å². The van der Waals surface area contributed by atoms with Crippen LogP contribution in [0.5, 0.6) is 0 Å². The Kier molecular flexibility index (Phi) is 5.45. The number of likely N-dealkylation sites (tertiary alicyclic amines) is 1. The van der Waals surface area contributed by atoms with Gasteiger partial charge in [-0.1, -0.05) is 18.2 Å². The van der Waals surface area contributed by atoms with Crippen LogP contribution in [0.1, 0.15) is 36.3 Å². The van der Waals surface area contributed by atoms with E-state index < -0.39 is 0 Å². The fourth-order valence-corrected chi connectivity index (χ4v) is 4.36. The highest BCUT2D eigenvalue weighted by Crippen LogP contribution is 2.31. The molecule has 27 heavy (non-hydrogen) atoms. The number of amides is 1. The van der Waals surface area contributed by atoms with Crippen molar-refractivity contribution < 1.29 is 9.18 Å². The summed E-state index contributed by atoms with van der Waals surface area (Å²) in [5.41, 5.74) is 8.35. The van der Waals surface area contributed by atoms with Gasteiger partial charge in [-0.15, -0.1) is 0 Å². The molecule has 5 nitrogen and oxygen atoms in total. The van der Waals surface area contributed by atoms with E-state index in [1.807, 2.05) is 29.4 Å². The summed E-state index contributed by atoms with van der Waals surface area (Å²) in [4.78, 5) is 19.1. The lowest BCUT2D eigenvalue weighted by Gasteiger charge is -2.41. The zero-order chi connectivity index (χ0) is 18.6. The molecule has 0 bridgehead atoms. The van der Waals surface area contributed by atoms with Crippen LogP contribution in [0.3, 0.4) is 0 Å². The SMILES string of the molecule is O=C(Cc1ccccc1F)N1CCCCC1C1NNCC1c1ccncc1. The number of carbonyl (C=O) groups excluding carboxylic acids is 1. The van der Waals surface area contributed by atoms with E-state index in [-0.39, 0.29) is 36.1 Å². The van der Waals surface area contributed by atoms with Crippen LogP contribution < -0.4 is 10.9 Å². The van der Waals surface area contributed by atoms with Gasteiger partial charge in [-0.05, 0) is 48.6 Å². The molecular weight excluding hydrogens is 343 g/mol. The van der Waals surface area contributed by atoms with Crippen LogP contribution >= 0.6 is 0 Å². The van der Waals surface area contributed by atoms with Crippen LogP contribution in [-0.4, -0.2) is 41.0 Å². The predicted molar refractivity (Wildman–Crippen MR) is 101 cm³/mol. The first kappa shape index (κ1) is 18.1. The third-order valence-electron chi connectivity index (χ3n) is 5.74. The lowest BCUT2D eigenvalue weighted by Crippen LogP contribution is -2.55. The summed E-state index contributed by atoms with van der Waals surface area (Å²) in [5, 5.41) is 0. The Hall–Kier alpha value is -2.31. The average molecular weight is 368 g/mol. The quantitative estimate of drug-likeness (QED) is 0.870. The molecule has 2 N–H and O–H groups in total. The van der Waals surface area contributed by atoms with Gasteiger partial charge in [-0.2, -0.15) is 0 Å². The van der Waals surface area contributed by atoms with Gasteiger partial charge in [0.25, 0.3) is 0 Å². The highest BCUT2D eigenvalue weighted by molar-refractivity contribution is 5.79. The summed E-state index contributed by atoms with van der Waals surface area (Å²) in [6.45, 7) is 1.56. The zero-order valence-corrected chi connectivity index (χ0v) is 15.3. The summed E-state index contributed by atoms with van der Waals surface area (Å²) in [6.07, 6.45) is 6.81. The van der Waals surface area contributed by atoms with Crippen molar-refractivity contribution in [3.05, 3.63) is 65.7 Å². The van der Waals surface area contributed by atoms with Crippen molar-refractivity contribution in [2.45, 2.75) is 43.7 Å². The van der Waals surface area contributed by atoms with Crippen molar-refractivity contribution in [2.24, 2.45) is 0 Å². The molecule has 3 unspecified atom stereocenters. The number of carbonyl (C=O) groups is 1. The molecule has 2 saturated heterocycles. The largest absolute Gasteiger partial charge is 0.338 e. The summed E-state index contributed by atoms with van der Waals surface area (Å²) in [7, 11) is 0. The molecule has 1 aromatic carbocycles. The topological polar surface area (TPSA) is 57.3 Å². The summed E-state index contributed by atoms with van der Waals surface area (Å²) >= 11 is 0. The smallest absolute Gasteiger partial charge is 0.227 e. The highest BCUT2D eigenvalue weighted by atomic mass is 19.1. The molecule has 2 fully saturated rings. The first-order valence-electron chi connectivity index (χ1n) is 9.65. The van der Waals surface area contributed by atoms with Crippen molar-refractivity contribution in [3.63, 3.8) is 0 Å². The normalized spacial score (nSPS) is 25.5. The number of hydrogen-bond donors (Lipinski definition) is 2. The van der Waals surface area contributed by atoms with Crippen molar-refractivity contribution in [3.8, 4) is 0 Å². The number of benzene rings is 1. The van der Waals surface area contributed by atoms with E-state index in [0.717, 1.165) is 32.4 Å². The van der Waals surface area contributed by atoms with E-state index in [0.29, 0.717) is 5.56 Å². The van der Waals surface area contributed by atoms with Crippen molar-refractivity contribution in [2.75, 3.05) is 13.1 Å². The number of aromatic nitrogens is 1. The minimum atomic E-state index is -0.310. The second kappa shape index (κ2) is 8.15. The number of nitrogens with zero attached hydrogens (tertiary/aromatic N) is 2. The highest BCUT2D eigenvalue weighted by Gasteiger charge is 2.40. The van der Waals surface area contributed by atoms with E-state index in [1.165, 1.54) is 11.6 Å². The van der Waals surface area contributed by atoms with E-state index in [9.17, 15) is 9.18 Å². The first-order chi connectivity index (χ1) is 13.2. The summed E-state index contributed by atoms with van der Waals surface area (Å²) in [6, 6.07) is 10.9. The first-order valence-corrected chi connectivity index (χ1v) is 9.65. The third kappa shape index (κ3) is 3.87. The average Bonchev–Trinajstić information content (AvgIpc) is 3.20. The lowest BCUT2D eigenvalue weighted by atomic mass is 9.84. The van der Waals surface area contributed by atoms with Gasteiger partial charge in [-0.3, -0.25) is 20.6 Å². The lowest BCUT2D eigenvalue weighted by molar-refractivity contribution is -0.135. The zero-order valence-electron chi connectivity index (χ0n) is 15.3. The van der Waals surface area contributed by atoms with Gasteiger partial charge in [0.05, 0.1) is 6.42 Å². The van der Waals surface area contributed by atoms with Gasteiger partial charge in [0.1, 0.15) is 5.82 Å². The number of rotatable bonds is 4. The molecule has 0 aliphatic carbocycles. The van der Waals surface area contributed by atoms with E-state index in [1.54, 1.807) is 18.2 Å². The molecule has 2 aromatic rings. The minimum Gasteiger partial charge on any atom is -0.338 e. The maximum Gasteiger partial charge on any atom is 0.227 e. The number of piperidine rings is 1. The number of pyridine rings is 1. The predicted octanol–water partition coefficient (Wildman–Crippen LogP) is 2.40. The number of halogens is 1. The van der Waals surface area contributed by atoms with Crippen molar-refractivity contribution >= 4 is 5.91 Å². The molecule has 3 heterocycles. The second-order valence-corrected chi connectivity index (χ2v) is 7.36. The molecule has 0 spiro atoms. The molecule has 142 valence electrons. The van der Waals surface area contributed by atoms with Crippen LogP contribution in [0.2, 0.25) is 0 Å². The molecule has 3 atom stereocenters. The Morgan fingerprint density at radius 1 is 1.19 bits per heavy atom. The van der Waals surface area contributed by atoms with Gasteiger partial charge in [0, 0.05) is 43.5 Å². The number of nitrogens with one attached hydrogen (secondary N) is 2. The molecular formula is C21H25FN4O. The molecule has 2 aliphatic rings. The van der Waals surface area contributed by atoms with Gasteiger partial charge < -0.3 is 4.90 Å². The Bertz CT molecular complexity index is 785. The summed E-state index contributed by atoms with van der Waals surface area (Å²) in [5.74, 6) is -0.0263. The van der Waals surface area contributed by atoms with E-state index in [2.05, 4.69) is 15.8 Å². The molecule has 6 heteroatoms. The maximum atomic E-state index is 14.0. The Balaban J connectivity index is 1.53. The Morgan fingerprint density at radius 2 is 2.00 bits per heavy atom. The Labute approximate surface area is 159 Å². The molecule has 0 saturated carbocycles. The summed E-state index contributed by atoms with van der Waals surface area (Å²) < 4.78 is 14.0. The molecule has 4 rings (SSSR count). The van der Waals surface area contributed by atoms with Crippen LogP contribution in [0, 0.1) is 5.82 Å². The van der Waals surface area contributed by atoms with Gasteiger partial charge in [0.15, 0.2) is 0 Å². The number of hydrazine groups is 1. The molecule has 0 radical (unpaired) electrons. The molecule has 2 aliphatic heterocycles. The second-order valence-electron chi connectivity index (χ2n) is 7.36. The standard InChI is InChI=1S/C21H25FN4O/c22-18-6-2-1-5-16(18)13-20(27)26-12-4-3-7-19(26)21-17(14-24-25-21)15-8-10-23-11-9-15/h1-2,5-6,8-11,17,19,21,24-25H,3-4,7,12-14H2. The van der Waals surface area contributed by atoms with Crippen molar-refractivity contribution in [1.82, 2.24) is 20.7 Å². The van der Waals surface area contributed by atoms with Crippen LogP contribution in [0.15, 0.2) is 48.8 Å². The molecule has 1 amide bonds. The maximum absolute atomic E-state index is 14.0. The van der Waals surface area contributed by atoms with Gasteiger partial charge >= 0.3 is 0 Å². The minimum absolute atomic E-state index is 0.00646. The fraction of sp³-hybridized carbons (Fsp3) is 0.429. The fourth-order valence-electron chi connectivity index (χ4n) is 4.36. The van der Waals surface area contributed by atoms with Gasteiger partial charge in [0.2, 0.25) is 5.91 Å². The van der Waals surface area contributed by atoms with Gasteiger partial charge in [-0.25, -0.2) is 4.39 Å². The number of hydrogen-bond acceptors (Lipinski definition) is 4. The van der Waals surface area contributed by atoms with E-state index in [4.69, 9.17) is 0 Å². The van der Waals surface area contributed by atoms with Crippen LogP contribution in [0.25, 0.3) is 0 Å². The van der Waals surface area contributed by atoms with Crippen molar-refractivity contribution in [1.29, 1.82) is 0 Å². The molecule has 1 aromatic heterocycles. The van der Waals surface area contributed by atoms with Crippen LogP contribution in [0.4, 0.5) is 4.39 Å². The monoisotopic (exact) mass is 368 g/mol. The Morgan fingerprint density at radius 3 is 2.81 bits per heavy atom. The van der Waals surface area contributed by atoms with E-state index >= 15 is 0 Å².